The summed E-state index contributed by atoms with van der Waals surface area (Å²) in [6.45, 7) is 2.01. The van der Waals surface area contributed by atoms with Crippen LogP contribution in [0.1, 0.15) is 33.1 Å². The molecule has 2 aromatic rings. The minimum atomic E-state index is 0.0359. The van der Waals surface area contributed by atoms with Gasteiger partial charge in [-0.25, -0.2) is 0 Å². The van der Waals surface area contributed by atoms with Crippen LogP contribution in [0.3, 0.4) is 0 Å². The van der Waals surface area contributed by atoms with E-state index in [-0.39, 0.29) is 11.9 Å². The zero-order valence-electron chi connectivity index (χ0n) is 10.3. The first-order chi connectivity index (χ1) is 8.74. The molecule has 1 atom stereocenters. The molecular formula is C16H15NO. The number of benzene rings is 2. The second kappa shape index (κ2) is 4.30. The lowest BCUT2D eigenvalue weighted by Crippen LogP contribution is -2.35. The van der Waals surface area contributed by atoms with E-state index >= 15 is 0 Å². The Kier molecular flexibility index (Phi) is 2.63. The number of fused-ring (bicyclic) bond motifs is 1. The highest BCUT2D eigenvalue weighted by Crippen LogP contribution is 2.26. The number of carbonyl (C=O) groups is 1. The van der Waals surface area contributed by atoms with Gasteiger partial charge < -0.3 is 5.32 Å². The Morgan fingerprint density at radius 2 is 1.89 bits per heavy atom. The van der Waals surface area contributed by atoms with Crippen LogP contribution in [0.2, 0.25) is 0 Å². The van der Waals surface area contributed by atoms with E-state index < -0.39 is 0 Å². The molecule has 3 rings (SSSR count). The van der Waals surface area contributed by atoms with E-state index in [1.807, 2.05) is 31.2 Å². The van der Waals surface area contributed by atoms with Crippen LogP contribution in [-0.4, -0.2) is 5.91 Å². The van der Waals surface area contributed by atoms with Gasteiger partial charge in [-0.05, 0) is 30.5 Å². The first kappa shape index (κ1) is 11.0. The van der Waals surface area contributed by atoms with E-state index in [9.17, 15) is 4.79 Å². The molecule has 1 N–H and O–H groups in total. The Labute approximate surface area is 107 Å². The van der Waals surface area contributed by atoms with Crippen molar-refractivity contribution in [1.82, 2.24) is 5.32 Å². The molecule has 0 aromatic heterocycles. The van der Waals surface area contributed by atoms with E-state index in [2.05, 4.69) is 29.6 Å². The fourth-order valence-electron chi connectivity index (χ4n) is 2.47. The number of hydrogen-bond acceptors (Lipinski definition) is 1. The van der Waals surface area contributed by atoms with Gasteiger partial charge in [0.2, 0.25) is 0 Å². The van der Waals surface area contributed by atoms with Gasteiger partial charge in [0, 0.05) is 5.56 Å². The summed E-state index contributed by atoms with van der Waals surface area (Å²) >= 11 is 0. The minimum Gasteiger partial charge on any atom is -0.345 e. The number of amides is 1. The number of rotatable bonds is 1. The molecule has 90 valence electrons. The molecule has 0 spiro atoms. The number of carbonyl (C=O) groups excluding carboxylic acids is 1. The summed E-state index contributed by atoms with van der Waals surface area (Å²) in [5, 5.41) is 3.08. The van der Waals surface area contributed by atoms with E-state index in [0.717, 1.165) is 28.7 Å². The molecule has 0 bridgehead atoms. The molecule has 2 nitrogen and oxygen atoms in total. The molecule has 0 saturated heterocycles. The molecule has 2 aromatic carbocycles. The van der Waals surface area contributed by atoms with Crippen LogP contribution >= 0.6 is 0 Å². The number of nitrogens with one attached hydrogen (secondary N) is 1. The fourth-order valence-corrected chi connectivity index (χ4v) is 2.47. The zero-order valence-corrected chi connectivity index (χ0v) is 10.3. The summed E-state index contributed by atoms with van der Waals surface area (Å²) < 4.78 is 0. The molecule has 0 aliphatic carbocycles. The van der Waals surface area contributed by atoms with Crippen molar-refractivity contribution in [2.45, 2.75) is 19.4 Å². The van der Waals surface area contributed by atoms with Crippen molar-refractivity contribution in [2.75, 3.05) is 0 Å². The zero-order chi connectivity index (χ0) is 12.5. The van der Waals surface area contributed by atoms with E-state index in [4.69, 9.17) is 0 Å². The lowest BCUT2D eigenvalue weighted by molar-refractivity contribution is 0.0925. The van der Waals surface area contributed by atoms with Crippen molar-refractivity contribution < 1.29 is 4.79 Å². The molecule has 0 fully saturated rings. The normalized spacial score (nSPS) is 18.1. The van der Waals surface area contributed by atoms with Gasteiger partial charge in [0.1, 0.15) is 0 Å². The molecule has 0 radical (unpaired) electrons. The Hall–Kier alpha value is -2.09. The van der Waals surface area contributed by atoms with Crippen LogP contribution in [0, 0.1) is 6.92 Å². The van der Waals surface area contributed by atoms with Gasteiger partial charge >= 0.3 is 0 Å². The number of hydrogen-bond donors (Lipinski definition) is 1. The van der Waals surface area contributed by atoms with Gasteiger partial charge in [-0.3, -0.25) is 4.79 Å². The molecule has 2 heteroatoms. The van der Waals surface area contributed by atoms with Gasteiger partial charge in [0.25, 0.3) is 5.91 Å². The first-order valence-electron chi connectivity index (χ1n) is 6.19. The smallest absolute Gasteiger partial charge is 0.252 e. The molecule has 0 saturated carbocycles. The summed E-state index contributed by atoms with van der Waals surface area (Å²) in [6.07, 6.45) is 0.866. The maximum atomic E-state index is 12.1. The van der Waals surface area contributed by atoms with Crippen LogP contribution in [0.4, 0.5) is 0 Å². The quantitative estimate of drug-likeness (QED) is 0.811. The van der Waals surface area contributed by atoms with E-state index in [1.165, 1.54) is 0 Å². The van der Waals surface area contributed by atoms with Crippen LogP contribution in [0.5, 0.6) is 0 Å². The summed E-state index contributed by atoms with van der Waals surface area (Å²) in [7, 11) is 0. The summed E-state index contributed by atoms with van der Waals surface area (Å²) in [4.78, 5) is 12.1. The maximum Gasteiger partial charge on any atom is 0.252 e. The number of aryl methyl sites for hydroxylation is 1. The van der Waals surface area contributed by atoms with E-state index in [0.29, 0.717) is 0 Å². The van der Waals surface area contributed by atoms with Crippen molar-refractivity contribution in [3.05, 3.63) is 70.8 Å². The van der Waals surface area contributed by atoms with Crippen molar-refractivity contribution in [3.63, 3.8) is 0 Å². The summed E-state index contributed by atoms with van der Waals surface area (Å²) in [5.74, 6) is 0.0359. The first-order valence-corrected chi connectivity index (χ1v) is 6.19. The third kappa shape index (κ3) is 1.90. The van der Waals surface area contributed by atoms with Crippen molar-refractivity contribution in [2.24, 2.45) is 0 Å². The molecule has 1 heterocycles. The van der Waals surface area contributed by atoms with E-state index in [1.54, 1.807) is 0 Å². The van der Waals surface area contributed by atoms with Gasteiger partial charge in [-0.2, -0.15) is 0 Å². The Morgan fingerprint density at radius 3 is 2.67 bits per heavy atom. The van der Waals surface area contributed by atoms with Crippen LogP contribution < -0.4 is 5.32 Å². The fraction of sp³-hybridized carbons (Fsp3) is 0.188. The Bertz CT molecular complexity index is 589. The molecular weight excluding hydrogens is 222 g/mol. The van der Waals surface area contributed by atoms with Crippen LogP contribution in [0.25, 0.3) is 0 Å². The highest BCUT2D eigenvalue weighted by Gasteiger charge is 2.24. The van der Waals surface area contributed by atoms with Crippen LogP contribution in [0.15, 0.2) is 48.5 Å². The average Bonchev–Trinajstić information content (AvgIpc) is 2.40. The molecule has 1 aliphatic heterocycles. The highest BCUT2D eigenvalue weighted by molar-refractivity contribution is 5.97. The Morgan fingerprint density at radius 1 is 1.11 bits per heavy atom. The van der Waals surface area contributed by atoms with Gasteiger partial charge in [0.05, 0.1) is 6.04 Å². The predicted molar refractivity (Wildman–Crippen MR) is 71.5 cm³/mol. The second-order valence-electron chi connectivity index (χ2n) is 4.80. The molecule has 18 heavy (non-hydrogen) atoms. The third-order valence-corrected chi connectivity index (χ3v) is 3.44. The molecule has 1 amide bonds. The topological polar surface area (TPSA) is 29.1 Å². The lowest BCUT2D eigenvalue weighted by atomic mass is 9.90. The molecule has 1 aliphatic rings. The largest absolute Gasteiger partial charge is 0.345 e. The third-order valence-electron chi connectivity index (χ3n) is 3.44. The predicted octanol–water partition coefficient (Wildman–Crippen LogP) is 3.02. The second-order valence-corrected chi connectivity index (χ2v) is 4.80. The minimum absolute atomic E-state index is 0.0359. The van der Waals surface area contributed by atoms with Crippen molar-refractivity contribution >= 4 is 5.91 Å². The van der Waals surface area contributed by atoms with Crippen molar-refractivity contribution in [3.8, 4) is 0 Å². The standard InChI is InChI=1S/C16H15NO/c1-11-7-8-13-10-15(12-5-3-2-4-6-12)17-16(18)14(13)9-11/h2-9,15H,10H2,1H3,(H,17,18)/t15-/m0/s1. The van der Waals surface area contributed by atoms with Gasteiger partial charge in [0.15, 0.2) is 0 Å². The average molecular weight is 237 g/mol. The summed E-state index contributed by atoms with van der Waals surface area (Å²) in [6, 6.07) is 16.3. The SMILES string of the molecule is Cc1ccc2c(c1)C(=O)N[C@H](c1ccccc1)C2. The summed E-state index contributed by atoms with van der Waals surface area (Å²) in [5.41, 5.74) is 4.25. The maximum absolute atomic E-state index is 12.1. The monoisotopic (exact) mass is 237 g/mol. The van der Waals surface area contributed by atoms with Crippen molar-refractivity contribution in [1.29, 1.82) is 0 Å². The van der Waals surface area contributed by atoms with Crippen LogP contribution in [-0.2, 0) is 6.42 Å². The van der Waals surface area contributed by atoms with Gasteiger partial charge in [-0.1, -0.05) is 48.0 Å². The highest BCUT2D eigenvalue weighted by atomic mass is 16.1. The molecule has 0 unspecified atom stereocenters. The Balaban J connectivity index is 1.97. The van der Waals surface area contributed by atoms with Gasteiger partial charge in [-0.15, -0.1) is 0 Å². The lowest BCUT2D eigenvalue weighted by Gasteiger charge is -2.26.